The van der Waals surface area contributed by atoms with E-state index in [1.165, 1.54) is 12.1 Å². The topological polar surface area (TPSA) is 79.5 Å². The van der Waals surface area contributed by atoms with Gasteiger partial charge in [-0.1, -0.05) is 6.07 Å². The number of aromatic amines is 1. The quantitative estimate of drug-likeness (QED) is 0.717. The van der Waals surface area contributed by atoms with Gasteiger partial charge in [0.05, 0.1) is 11.0 Å². The molecule has 0 unspecified atom stereocenters. The number of H-pyrrole nitrogens is 1. The van der Waals surface area contributed by atoms with Gasteiger partial charge < -0.3 is 19.4 Å². The van der Waals surface area contributed by atoms with Crippen LogP contribution in [0.3, 0.4) is 0 Å². The molecule has 0 atom stereocenters. The second-order valence-electron chi connectivity index (χ2n) is 6.77. The van der Waals surface area contributed by atoms with Crippen molar-refractivity contribution in [2.24, 2.45) is 0 Å². The van der Waals surface area contributed by atoms with Crippen LogP contribution in [0.5, 0.6) is 11.5 Å². The molecule has 1 fully saturated rings. The molecule has 0 saturated carbocycles. The second-order valence-corrected chi connectivity index (χ2v) is 6.77. The number of hydrogen-bond acceptors (Lipinski definition) is 5. The fourth-order valence-electron chi connectivity index (χ4n) is 3.51. The van der Waals surface area contributed by atoms with E-state index in [0.29, 0.717) is 16.6 Å². The van der Waals surface area contributed by atoms with Gasteiger partial charge in [0.2, 0.25) is 5.95 Å². The number of nitrogens with zero attached hydrogens (tertiary/aromatic N) is 2. The van der Waals surface area contributed by atoms with Crippen LogP contribution in [-0.4, -0.2) is 35.3 Å². The molecular formula is C19H16F2N4O3. The van der Waals surface area contributed by atoms with Crippen LogP contribution in [0.25, 0.3) is 11.0 Å². The lowest BCUT2D eigenvalue weighted by Gasteiger charge is -2.18. The van der Waals surface area contributed by atoms with Crippen molar-refractivity contribution in [3.8, 4) is 11.5 Å². The number of hydrogen-bond donors (Lipinski definition) is 2. The first-order valence-electron chi connectivity index (χ1n) is 8.93. The van der Waals surface area contributed by atoms with E-state index < -0.39 is 6.29 Å². The van der Waals surface area contributed by atoms with Crippen molar-refractivity contribution >= 4 is 28.6 Å². The fraction of sp³-hybridized carbons (Fsp3) is 0.263. The zero-order valence-electron chi connectivity index (χ0n) is 14.7. The predicted molar refractivity (Wildman–Crippen MR) is 98.1 cm³/mol. The van der Waals surface area contributed by atoms with Crippen molar-refractivity contribution < 1.29 is 23.0 Å². The first-order chi connectivity index (χ1) is 13.5. The van der Waals surface area contributed by atoms with Crippen molar-refractivity contribution in [2.45, 2.75) is 19.1 Å². The summed E-state index contributed by atoms with van der Waals surface area (Å²) in [5, 5.41) is 2.70. The number of ether oxygens (including phenoxy) is 2. The summed E-state index contributed by atoms with van der Waals surface area (Å²) >= 11 is 0. The number of fused-ring (bicyclic) bond motifs is 2. The van der Waals surface area contributed by atoms with Crippen LogP contribution in [0.1, 0.15) is 23.2 Å². The number of imidazole rings is 1. The number of halogens is 2. The molecule has 2 aliphatic heterocycles. The minimum absolute atomic E-state index is 0.0858. The molecule has 1 saturated heterocycles. The maximum atomic E-state index is 13.1. The smallest absolute Gasteiger partial charge is 0.395 e. The molecule has 1 amide bonds. The molecule has 2 N–H and O–H groups in total. The standard InChI is InChI=1S/C19H16F2N4O3/c20-19(21)27-15-9-13-14(10-16(15)28-19)23-18(22-13)24-17(26)11-4-3-5-12(8-11)25-6-1-2-7-25/h3-5,8-10H,1-2,6-7H2,(H2,22,23,24,26). The molecule has 28 heavy (non-hydrogen) atoms. The van der Waals surface area contributed by atoms with E-state index in [1.807, 2.05) is 18.2 Å². The Hall–Kier alpha value is -3.36. The van der Waals surface area contributed by atoms with Gasteiger partial charge in [-0.15, -0.1) is 8.78 Å². The summed E-state index contributed by atoms with van der Waals surface area (Å²) in [4.78, 5) is 22.0. The van der Waals surface area contributed by atoms with Crippen molar-refractivity contribution in [2.75, 3.05) is 23.3 Å². The van der Waals surface area contributed by atoms with Crippen LogP contribution in [0.4, 0.5) is 20.4 Å². The van der Waals surface area contributed by atoms with Gasteiger partial charge in [0.15, 0.2) is 11.5 Å². The van der Waals surface area contributed by atoms with Gasteiger partial charge in [-0.2, -0.15) is 0 Å². The SMILES string of the molecule is O=C(Nc1nc2cc3c(cc2[nH]1)OC(F)(F)O3)c1cccc(N2CCCC2)c1. The van der Waals surface area contributed by atoms with Gasteiger partial charge in [0, 0.05) is 36.5 Å². The Balaban J connectivity index is 1.37. The largest absolute Gasteiger partial charge is 0.586 e. The van der Waals surface area contributed by atoms with E-state index in [0.717, 1.165) is 31.6 Å². The first-order valence-corrected chi connectivity index (χ1v) is 8.93. The molecule has 0 radical (unpaired) electrons. The van der Waals surface area contributed by atoms with Gasteiger partial charge in [0.1, 0.15) is 0 Å². The van der Waals surface area contributed by atoms with E-state index >= 15 is 0 Å². The maximum absolute atomic E-state index is 13.1. The lowest BCUT2D eigenvalue weighted by Crippen LogP contribution is -2.25. The fourth-order valence-corrected chi connectivity index (χ4v) is 3.51. The molecular weight excluding hydrogens is 370 g/mol. The van der Waals surface area contributed by atoms with E-state index in [4.69, 9.17) is 0 Å². The first kappa shape index (κ1) is 16.8. The lowest BCUT2D eigenvalue weighted by molar-refractivity contribution is -0.286. The zero-order chi connectivity index (χ0) is 19.3. The number of benzene rings is 2. The van der Waals surface area contributed by atoms with Crippen LogP contribution in [0.2, 0.25) is 0 Å². The Morgan fingerprint density at radius 1 is 1.14 bits per heavy atom. The molecule has 1 aromatic heterocycles. The summed E-state index contributed by atoms with van der Waals surface area (Å²) in [7, 11) is 0. The maximum Gasteiger partial charge on any atom is 0.586 e. The van der Waals surface area contributed by atoms with Gasteiger partial charge in [-0.05, 0) is 31.0 Å². The molecule has 144 valence electrons. The van der Waals surface area contributed by atoms with Crippen molar-refractivity contribution in [3.63, 3.8) is 0 Å². The summed E-state index contributed by atoms with van der Waals surface area (Å²) in [6, 6.07) is 10.1. The Labute approximate surface area is 158 Å². The van der Waals surface area contributed by atoms with E-state index in [2.05, 4.69) is 29.7 Å². The van der Waals surface area contributed by atoms with Crippen molar-refractivity contribution in [3.05, 3.63) is 42.0 Å². The number of alkyl halides is 2. The number of amides is 1. The van der Waals surface area contributed by atoms with Crippen LogP contribution in [0.15, 0.2) is 36.4 Å². The van der Waals surface area contributed by atoms with E-state index in [-0.39, 0.29) is 23.4 Å². The minimum atomic E-state index is -3.68. The predicted octanol–water partition coefficient (Wildman–Crippen LogP) is 3.74. The average Bonchev–Trinajstić information content (AvgIpc) is 3.36. The summed E-state index contributed by atoms with van der Waals surface area (Å²) in [6.45, 7) is 1.98. The number of aromatic nitrogens is 2. The van der Waals surface area contributed by atoms with Crippen molar-refractivity contribution in [1.29, 1.82) is 0 Å². The molecule has 7 nitrogen and oxygen atoms in total. The third-order valence-electron chi connectivity index (χ3n) is 4.82. The number of carbonyl (C=O) groups excluding carboxylic acids is 1. The van der Waals surface area contributed by atoms with Gasteiger partial charge in [-0.3, -0.25) is 10.1 Å². The summed E-state index contributed by atoms with van der Waals surface area (Å²) in [6.07, 6.45) is -1.38. The third kappa shape index (κ3) is 2.98. The van der Waals surface area contributed by atoms with Crippen molar-refractivity contribution in [1.82, 2.24) is 9.97 Å². The second kappa shape index (κ2) is 6.08. The molecule has 2 aromatic carbocycles. The minimum Gasteiger partial charge on any atom is -0.395 e. The van der Waals surface area contributed by atoms with Gasteiger partial charge in [-0.25, -0.2) is 4.98 Å². The molecule has 0 spiro atoms. The normalized spacial score (nSPS) is 17.3. The average molecular weight is 386 g/mol. The van der Waals surface area contributed by atoms with Gasteiger partial charge >= 0.3 is 6.29 Å². The highest BCUT2D eigenvalue weighted by Crippen LogP contribution is 2.42. The van der Waals surface area contributed by atoms with Crippen LogP contribution < -0.4 is 19.7 Å². The molecule has 2 aliphatic rings. The van der Waals surface area contributed by atoms with Crippen LogP contribution in [0, 0.1) is 0 Å². The monoisotopic (exact) mass is 386 g/mol. The molecule has 0 bridgehead atoms. The van der Waals surface area contributed by atoms with Crippen LogP contribution >= 0.6 is 0 Å². The third-order valence-corrected chi connectivity index (χ3v) is 4.82. The van der Waals surface area contributed by atoms with Crippen LogP contribution in [-0.2, 0) is 0 Å². The van der Waals surface area contributed by atoms with E-state index in [1.54, 1.807) is 6.07 Å². The Kier molecular flexibility index (Phi) is 3.65. The highest BCUT2D eigenvalue weighted by atomic mass is 19.3. The Bertz CT molecular complexity index is 1030. The Morgan fingerprint density at radius 3 is 2.68 bits per heavy atom. The summed E-state index contributed by atoms with van der Waals surface area (Å²) < 4.78 is 35.1. The van der Waals surface area contributed by atoms with E-state index in [9.17, 15) is 13.6 Å². The summed E-state index contributed by atoms with van der Waals surface area (Å²) in [5.74, 6) is -0.286. The molecule has 3 aromatic rings. The number of carbonyl (C=O) groups is 1. The Morgan fingerprint density at radius 2 is 1.89 bits per heavy atom. The number of rotatable bonds is 3. The highest BCUT2D eigenvalue weighted by molar-refractivity contribution is 6.04. The molecule has 0 aliphatic carbocycles. The zero-order valence-corrected chi connectivity index (χ0v) is 14.7. The molecule has 9 heteroatoms. The molecule has 3 heterocycles. The lowest BCUT2D eigenvalue weighted by atomic mass is 10.2. The highest BCUT2D eigenvalue weighted by Gasteiger charge is 2.43. The molecule has 5 rings (SSSR count). The number of nitrogens with one attached hydrogen (secondary N) is 2. The summed E-state index contributed by atoms with van der Waals surface area (Å²) in [5.41, 5.74) is 2.35. The van der Waals surface area contributed by atoms with Gasteiger partial charge in [0.25, 0.3) is 5.91 Å². The number of anilines is 2.